The Morgan fingerprint density at radius 1 is 1.57 bits per heavy atom. The van der Waals surface area contributed by atoms with E-state index in [4.69, 9.17) is 4.74 Å². The van der Waals surface area contributed by atoms with Gasteiger partial charge in [0, 0.05) is 13.5 Å². The number of ether oxygens (including phenoxy) is 2. The molecule has 84 valence electrons. The van der Waals surface area contributed by atoms with E-state index in [2.05, 4.69) is 18.6 Å². The van der Waals surface area contributed by atoms with Crippen molar-refractivity contribution in [2.24, 2.45) is 0 Å². The van der Waals surface area contributed by atoms with Crippen LogP contribution in [0.5, 0.6) is 0 Å². The first kappa shape index (κ1) is 13.4. The van der Waals surface area contributed by atoms with Gasteiger partial charge in [-0.15, -0.1) is 0 Å². The van der Waals surface area contributed by atoms with E-state index in [-0.39, 0.29) is 5.97 Å². The summed E-state index contributed by atoms with van der Waals surface area (Å²) in [6, 6.07) is 0. The highest BCUT2D eigenvalue weighted by molar-refractivity contribution is 5.65. The second-order valence-corrected chi connectivity index (χ2v) is 3.52. The van der Waals surface area contributed by atoms with E-state index in [1.54, 1.807) is 0 Å². The average molecular weight is 202 g/mol. The van der Waals surface area contributed by atoms with Crippen molar-refractivity contribution in [1.82, 2.24) is 0 Å². The molecule has 1 heterocycles. The van der Waals surface area contributed by atoms with Gasteiger partial charge in [0.15, 0.2) is 0 Å². The van der Waals surface area contributed by atoms with Gasteiger partial charge in [-0.3, -0.25) is 4.79 Å². The van der Waals surface area contributed by atoms with Crippen LogP contribution in [0.3, 0.4) is 0 Å². The van der Waals surface area contributed by atoms with E-state index < -0.39 is 0 Å². The topological polar surface area (TPSA) is 35.5 Å². The first-order valence-corrected chi connectivity index (χ1v) is 5.41. The summed E-state index contributed by atoms with van der Waals surface area (Å²) in [4.78, 5) is 10.1. The molecule has 0 aromatic carbocycles. The number of esters is 1. The molecule has 3 heteroatoms. The maximum absolute atomic E-state index is 10.1. The molecule has 0 amide bonds. The zero-order valence-electron chi connectivity index (χ0n) is 9.54. The lowest BCUT2D eigenvalue weighted by atomic mass is 10.3. The third kappa shape index (κ3) is 9.52. The molecule has 1 fully saturated rings. The fraction of sp³-hybridized carbons (Fsp3) is 0.909. The molecule has 0 bridgehead atoms. The summed E-state index contributed by atoms with van der Waals surface area (Å²) in [5, 5.41) is 0. The number of rotatable bonds is 3. The Balaban J connectivity index is 0.000000249. The molecule has 1 aliphatic rings. The molecule has 0 saturated carbocycles. The smallest absolute Gasteiger partial charge is 0.302 e. The van der Waals surface area contributed by atoms with Crippen LogP contribution in [0.25, 0.3) is 0 Å². The van der Waals surface area contributed by atoms with Crippen LogP contribution in [0.15, 0.2) is 0 Å². The van der Waals surface area contributed by atoms with Gasteiger partial charge in [0.1, 0.15) is 0 Å². The van der Waals surface area contributed by atoms with Gasteiger partial charge in [-0.25, -0.2) is 0 Å². The number of unbranched alkanes of at least 4 members (excludes halogenated alkanes) is 1. The minimum absolute atomic E-state index is 0.182. The zero-order chi connectivity index (χ0) is 10.8. The molecule has 3 nitrogen and oxygen atoms in total. The van der Waals surface area contributed by atoms with E-state index >= 15 is 0 Å². The van der Waals surface area contributed by atoms with Crippen LogP contribution in [0.2, 0.25) is 0 Å². The highest BCUT2D eigenvalue weighted by Crippen LogP contribution is 2.09. The van der Waals surface area contributed by atoms with Crippen molar-refractivity contribution in [2.75, 3.05) is 13.2 Å². The SMILES string of the molecule is CC1CCCO1.CCCCOC(C)=O. The summed E-state index contributed by atoms with van der Waals surface area (Å²) >= 11 is 0. The number of hydrogen-bond donors (Lipinski definition) is 0. The quantitative estimate of drug-likeness (QED) is 0.521. The van der Waals surface area contributed by atoms with Crippen molar-refractivity contribution in [3.05, 3.63) is 0 Å². The molecule has 1 aliphatic heterocycles. The van der Waals surface area contributed by atoms with Gasteiger partial charge in [0.25, 0.3) is 0 Å². The third-order valence-electron chi connectivity index (χ3n) is 1.96. The second kappa shape index (κ2) is 9.00. The molecule has 1 atom stereocenters. The summed E-state index contributed by atoms with van der Waals surface area (Å²) in [6.07, 6.45) is 5.12. The van der Waals surface area contributed by atoms with Crippen molar-refractivity contribution in [2.45, 2.75) is 52.6 Å². The fourth-order valence-corrected chi connectivity index (χ4v) is 1.10. The minimum atomic E-state index is -0.182. The van der Waals surface area contributed by atoms with E-state index in [1.807, 2.05) is 0 Å². The van der Waals surface area contributed by atoms with Gasteiger partial charge < -0.3 is 9.47 Å². The molecule has 0 aliphatic carbocycles. The average Bonchev–Trinajstić information content (AvgIpc) is 2.57. The number of carbonyl (C=O) groups is 1. The van der Waals surface area contributed by atoms with Crippen molar-refractivity contribution in [3.63, 3.8) is 0 Å². The van der Waals surface area contributed by atoms with Crippen LogP contribution >= 0.6 is 0 Å². The van der Waals surface area contributed by atoms with Gasteiger partial charge in [-0.05, 0) is 26.2 Å². The van der Waals surface area contributed by atoms with Gasteiger partial charge in [0.2, 0.25) is 0 Å². The molecule has 0 radical (unpaired) electrons. The fourth-order valence-electron chi connectivity index (χ4n) is 1.10. The predicted octanol–water partition coefficient (Wildman–Crippen LogP) is 2.53. The highest BCUT2D eigenvalue weighted by Gasteiger charge is 2.07. The molecule has 1 rings (SSSR count). The van der Waals surface area contributed by atoms with E-state index in [0.717, 1.165) is 19.4 Å². The third-order valence-corrected chi connectivity index (χ3v) is 1.96. The lowest BCUT2D eigenvalue weighted by Gasteiger charge is -1.96. The molecule has 1 saturated heterocycles. The maximum atomic E-state index is 10.1. The number of carbonyl (C=O) groups excluding carboxylic acids is 1. The van der Waals surface area contributed by atoms with Gasteiger partial charge in [-0.2, -0.15) is 0 Å². The molecule has 0 spiro atoms. The molecule has 14 heavy (non-hydrogen) atoms. The molecule has 0 aromatic heterocycles. The minimum Gasteiger partial charge on any atom is -0.466 e. The summed E-state index contributed by atoms with van der Waals surface area (Å²) in [5.74, 6) is -0.182. The van der Waals surface area contributed by atoms with E-state index in [0.29, 0.717) is 12.7 Å². The van der Waals surface area contributed by atoms with Crippen molar-refractivity contribution >= 4 is 5.97 Å². The Labute approximate surface area is 86.8 Å². The molecule has 1 unspecified atom stereocenters. The van der Waals surface area contributed by atoms with Crippen molar-refractivity contribution in [1.29, 1.82) is 0 Å². The van der Waals surface area contributed by atoms with Crippen LogP contribution in [0.4, 0.5) is 0 Å². The molecular weight excluding hydrogens is 180 g/mol. The Kier molecular flexibility index (Phi) is 8.64. The lowest BCUT2D eigenvalue weighted by molar-refractivity contribution is -0.141. The second-order valence-electron chi connectivity index (χ2n) is 3.52. The van der Waals surface area contributed by atoms with Gasteiger partial charge >= 0.3 is 5.97 Å². The van der Waals surface area contributed by atoms with Gasteiger partial charge in [0.05, 0.1) is 12.7 Å². The van der Waals surface area contributed by atoms with Crippen molar-refractivity contribution < 1.29 is 14.3 Å². The van der Waals surface area contributed by atoms with Gasteiger partial charge in [-0.1, -0.05) is 13.3 Å². The molecule has 0 N–H and O–H groups in total. The van der Waals surface area contributed by atoms with Crippen LogP contribution in [-0.4, -0.2) is 25.3 Å². The highest BCUT2D eigenvalue weighted by atomic mass is 16.5. The summed E-state index contributed by atoms with van der Waals surface area (Å²) in [6.45, 7) is 7.17. The first-order chi connectivity index (χ1) is 6.66. The molecule has 0 aromatic rings. The summed E-state index contributed by atoms with van der Waals surface area (Å²) in [5.41, 5.74) is 0. The summed E-state index contributed by atoms with van der Waals surface area (Å²) < 4.78 is 9.80. The Morgan fingerprint density at radius 2 is 2.29 bits per heavy atom. The Morgan fingerprint density at radius 3 is 2.57 bits per heavy atom. The maximum Gasteiger partial charge on any atom is 0.302 e. The van der Waals surface area contributed by atoms with Crippen LogP contribution in [0.1, 0.15) is 46.5 Å². The largest absolute Gasteiger partial charge is 0.466 e. The van der Waals surface area contributed by atoms with Crippen LogP contribution in [0, 0.1) is 0 Å². The predicted molar refractivity (Wildman–Crippen MR) is 56.2 cm³/mol. The van der Waals surface area contributed by atoms with Crippen LogP contribution < -0.4 is 0 Å². The molecular formula is C11H22O3. The lowest BCUT2D eigenvalue weighted by Crippen LogP contribution is -1.99. The van der Waals surface area contributed by atoms with E-state index in [1.165, 1.54) is 19.8 Å². The monoisotopic (exact) mass is 202 g/mol. The Hall–Kier alpha value is -0.570. The zero-order valence-corrected chi connectivity index (χ0v) is 9.54. The Bertz CT molecular complexity index is 139. The normalized spacial score (nSPS) is 19.8. The first-order valence-electron chi connectivity index (χ1n) is 5.41. The van der Waals surface area contributed by atoms with Crippen molar-refractivity contribution in [3.8, 4) is 0 Å². The number of hydrogen-bond acceptors (Lipinski definition) is 3. The van der Waals surface area contributed by atoms with E-state index in [9.17, 15) is 4.79 Å². The standard InChI is InChI=1S/C6H12O2.C5H10O/c1-3-4-5-8-6(2)7;1-5-3-2-4-6-5/h3-5H2,1-2H3;5H,2-4H2,1H3. The summed E-state index contributed by atoms with van der Waals surface area (Å²) in [7, 11) is 0. The van der Waals surface area contributed by atoms with Crippen LogP contribution in [-0.2, 0) is 14.3 Å².